The zero-order valence-corrected chi connectivity index (χ0v) is 26.9. The average molecular weight is 636 g/mol. The van der Waals surface area contributed by atoms with Crippen LogP contribution in [-0.2, 0) is 24.3 Å². The molecule has 0 aliphatic carbocycles. The lowest BCUT2D eigenvalue weighted by atomic mass is 10.1. The monoisotopic (exact) mass is 635 g/mol. The van der Waals surface area contributed by atoms with Gasteiger partial charge in [-0.2, -0.15) is 8.78 Å². The number of hydrogen-bond acceptors (Lipinski definition) is 8. The predicted octanol–water partition coefficient (Wildman–Crippen LogP) is 8.57. The van der Waals surface area contributed by atoms with Crippen LogP contribution in [-0.4, -0.2) is 40.9 Å². The van der Waals surface area contributed by atoms with Gasteiger partial charge in [0.05, 0.1) is 18.1 Å². The SMILES string of the molecule is CC(C)CC(=O)SCCCCOP(OCCCCSC(=O)CC(C)C)C(F)(F)c1ccc2sc(C(N)=O)cc2c1. The number of rotatable bonds is 19. The summed E-state index contributed by atoms with van der Waals surface area (Å²) < 4.78 is 43.4. The van der Waals surface area contributed by atoms with Crippen molar-refractivity contribution >= 4 is 69.5 Å². The molecule has 0 aliphatic rings. The minimum absolute atomic E-state index is 0.0896. The number of thiophene rings is 1. The highest BCUT2D eigenvalue weighted by Gasteiger charge is 2.45. The summed E-state index contributed by atoms with van der Waals surface area (Å²) in [7, 11) is -2.60. The lowest BCUT2D eigenvalue weighted by Gasteiger charge is -2.26. The van der Waals surface area contributed by atoms with Gasteiger partial charge in [-0.25, -0.2) is 0 Å². The van der Waals surface area contributed by atoms with Crippen LogP contribution in [0.15, 0.2) is 24.3 Å². The van der Waals surface area contributed by atoms with Crippen molar-refractivity contribution in [3.63, 3.8) is 0 Å². The molecule has 224 valence electrons. The lowest BCUT2D eigenvalue weighted by Crippen LogP contribution is -2.15. The molecule has 0 aliphatic heterocycles. The largest absolute Gasteiger partial charge is 0.365 e. The molecule has 0 unspecified atom stereocenters. The number of fused-ring (bicyclic) bond motifs is 1. The third kappa shape index (κ3) is 12.4. The van der Waals surface area contributed by atoms with Crippen molar-refractivity contribution in [1.82, 2.24) is 0 Å². The Labute approximate surface area is 249 Å². The van der Waals surface area contributed by atoms with Gasteiger partial charge in [-0.3, -0.25) is 14.4 Å². The molecule has 0 spiro atoms. The van der Waals surface area contributed by atoms with E-state index >= 15 is 8.78 Å². The third-order valence-electron chi connectivity index (χ3n) is 5.51. The number of halogens is 2. The van der Waals surface area contributed by atoms with Gasteiger partial charge in [0.1, 0.15) is 0 Å². The Morgan fingerprint density at radius 2 is 1.43 bits per heavy atom. The number of amides is 1. The molecule has 2 N–H and O–H groups in total. The van der Waals surface area contributed by atoms with Crippen LogP contribution in [0, 0.1) is 11.8 Å². The van der Waals surface area contributed by atoms with Crippen LogP contribution in [0.3, 0.4) is 0 Å². The second kappa shape index (κ2) is 17.8. The Morgan fingerprint density at radius 3 is 1.90 bits per heavy atom. The Kier molecular flexibility index (Phi) is 15.6. The van der Waals surface area contributed by atoms with Gasteiger partial charge >= 0.3 is 5.66 Å². The van der Waals surface area contributed by atoms with E-state index in [2.05, 4.69) is 0 Å². The van der Waals surface area contributed by atoms with Gasteiger partial charge in [0.15, 0.2) is 10.2 Å². The summed E-state index contributed by atoms with van der Waals surface area (Å²) in [4.78, 5) is 35.6. The molecule has 40 heavy (non-hydrogen) atoms. The summed E-state index contributed by atoms with van der Waals surface area (Å²) in [5.41, 5.74) is 1.72. The highest BCUT2D eigenvalue weighted by molar-refractivity contribution is 8.13. The average Bonchev–Trinajstić information content (AvgIpc) is 3.30. The fourth-order valence-corrected chi connectivity index (χ4v) is 7.80. The second-order valence-corrected chi connectivity index (χ2v) is 15.2. The summed E-state index contributed by atoms with van der Waals surface area (Å²) in [5, 5.41) is 0.790. The van der Waals surface area contributed by atoms with Gasteiger partial charge in [0.2, 0.25) is 0 Å². The first-order valence-corrected chi connectivity index (χ1v) is 17.5. The summed E-state index contributed by atoms with van der Waals surface area (Å²) in [6, 6.07) is 5.76. The molecule has 1 aromatic carbocycles. The van der Waals surface area contributed by atoms with Crippen molar-refractivity contribution in [3.8, 4) is 0 Å². The van der Waals surface area contributed by atoms with Crippen molar-refractivity contribution in [1.29, 1.82) is 0 Å². The van der Waals surface area contributed by atoms with Crippen LogP contribution in [0.25, 0.3) is 10.1 Å². The van der Waals surface area contributed by atoms with E-state index in [1.807, 2.05) is 27.7 Å². The number of carbonyl (C=O) groups excluding carboxylic acids is 3. The summed E-state index contributed by atoms with van der Waals surface area (Å²) >= 11 is 3.70. The topological polar surface area (TPSA) is 95.7 Å². The zero-order valence-electron chi connectivity index (χ0n) is 23.6. The van der Waals surface area contributed by atoms with E-state index in [0.717, 1.165) is 11.3 Å². The zero-order chi connectivity index (χ0) is 29.7. The molecule has 0 saturated heterocycles. The standard InChI is InChI=1S/C28H40F2NO5PS3/c1-19(2)15-25(32)38-13-7-5-11-35-37(36-12-6-8-14-39-26(33)16-20(3)4)28(29,30)22-9-10-23-21(17-22)18-24(40-23)27(31)34/h9-10,17-20H,5-8,11-16H2,1-4H3,(H2,31,34). The summed E-state index contributed by atoms with van der Waals surface area (Å²) in [6.45, 7) is 8.15. The lowest BCUT2D eigenvalue weighted by molar-refractivity contribution is -0.112. The van der Waals surface area contributed by atoms with Gasteiger partial charge in [0, 0.05) is 34.6 Å². The Morgan fingerprint density at radius 1 is 0.900 bits per heavy atom. The maximum atomic E-state index is 15.7. The molecule has 0 fully saturated rings. The molecule has 1 amide bonds. The van der Waals surface area contributed by atoms with E-state index in [9.17, 15) is 14.4 Å². The maximum absolute atomic E-state index is 15.7. The molecule has 0 radical (unpaired) electrons. The van der Waals surface area contributed by atoms with E-state index < -0.39 is 19.9 Å². The minimum atomic E-state index is -3.39. The quantitative estimate of drug-likeness (QED) is 0.122. The number of benzene rings is 1. The van der Waals surface area contributed by atoms with Crippen molar-refractivity contribution in [2.45, 2.75) is 71.9 Å². The van der Waals surface area contributed by atoms with Crippen molar-refractivity contribution < 1.29 is 32.2 Å². The molecule has 0 bridgehead atoms. The van der Waals surface area contributed by atoms with Gasteiger partial charge < -0.3 is 14.8 Å². The Balaban J connectivity index is 1.97. The molecule has 0 atom stereocenters. The molecule has 2 rings (SSSR count). The molecule has 1 heterocycles. The number of carbonyl (C=O) groups is 3. The van der Waals surface area contributed by atoms with E-state index in [4.69, 9.17) is 14.8 Å². The maximum Gasteiger partial charge on any atom is 0.339 e. The molecule has 6 nitrogen and oxygen atoms in total. The van der Waals surface area contributed by atoms with Crippen molar-refractivity contribution in [2.75, 3.05) is 24.7 Å². The van der Waals surface area contributed by atoms with Crippen LogP contribution in [0.5, 0.6) is 0 Å². The number of alkyl halides is 2. The van der Waals surface area contributed by atoms with E-state index in [1.54, 1.807) is 6.07 Å². The number of unbranched alkanes of at least 4 members (excludes halogenated alkanes) is 2. The van der Waals surface area contributed by atoms with Crippen LogP contribution < -0.4 is 5.73 Å². The van der Waals surface area contributed by atoms with Crippen LogP contribution in [0.4, 0.5) is 8.78 Å². The number of hydrogen-bond donors (Lipinski definition) is 1. The normalized spacial score (nSPS) is 12.2. The van der Waals surface area contributed by atoms with Crippen LogP contribution >= 0.6 is 43.2 Å². The molecule has 1 aromatic heterocycles. The van der Waals surface area contributed by atoms with Crippen molar-refractivity contribution in [2.24, 2.45) is 17.6 Å². The second-order valence-electron chi connectivity index (χ2n) is 10.2. The van der Waals surface area contributed by atoms with Crippen LogP contribution in [0.2, 0.25) is 0 Å². The highest BCUT2D eigenvalue weighted by Crippen LogP contribution is 2.60. The first-order chi connectivity index (χ1) is 18.9. The summed E-state index contributed by atoms with van der Waals surface area (Å²) in [5.74, 6) is 1.25. The van der Waals surface area contributed by atoms with Crippen molar-refractivity contribution in [3.05, 3.63) is 34.7 Å². The summed E-state index contributed by atoms with van der Waals surface area (Å²) in [6.07, 6.45) is 3.43. The molecule has 12 heteroatoms. The van der Waals surface area contributed by atoms with Crippen LogP contribution in [0.1, 0.15) is 81.5 Å². The molecular formula is C28H40F2NO5PS3. The highest BCUT2D eigenvalue weighted by atomic mass is 32.2. The number of nitrogens with two attached hydrogens (primary N) is 1. The Hall–Kier alpha value is -1.10. The fraction of sp³-hybridized carbons (Fsp3) is 0.607. The minimum Gasteiger partial charge on any atom is -0.365 e. The van der Waals surface area contributed by atoms with E-state index in [-0.39, 0.29) is 29.0 Å². The van der Waals surface area contributed by atoms with E-state index in [1.165, 1.54) is 41.7 Å². The Bertz CT molecular complexity index is 1080. The van der Waals surface area contributed by atoms with E-state index in [0.29, 0.717) is 76.8 Å². The molecule has 0 saturated carbocycles. The number of thioether (sulfide) groups is 2. The fourth-order valence-electron chi connectivity index (χ4n) is 3.52. The van der Waals surface area contributed by atoms with Gasteiger partial charge in [-0.05, 0) is 61.1 Å². The first kappa shape index (κ1) is 35.1. The first-order valence-electron chi connectivity index (χ1n) is 13.5. The number of primary amides is 1. The molecule has 2 aromatic rings. The third-order valence-corrected chi connectivity index (χ3v) is 10.2. The van der Waals surface area contributed by atoms with Gasteiger partial charge in [-0.15, -0.1) is 11.3 Å². The van der Waals surface area contributed by atoms with Gasteiger partial charge in [-0.1, -0.05) is 57.3 Å². The van der Waals surface area contributed by atoms with Gasteiger partial charge in [0.25, 0.3) is 14.3 Å². The predicted molar refractivity (Wildman–Crippen MR) is 165 cm³/mol. The molecular weight excluding hydrogens is 595 g/mol. The smallest absolute Gasteiger partial charge is 0.339 e.